The number of aromatic nitrogens is 2. The summed E-state index contributed by atoms with van der Waals surface area (Å²) in [5, 5.41) is 0. The Hall–Kier alpha value is -0.310. The Morgan fingerprint density at radius 3 is 2.57 bits per heavy atom. The Kier molecular flexibility index (Phi) is 4.17. The van der Waals surface area contributed by atoms with Crippen molar-refractivity contribution in [2.45, 2.75) is 38.6 Å². The molecule has 1 saturated carbocycles. The van der Waals surface area contributed by atoms with Crippen LogP contribution in [0.4, 0.5) is 0 Å². The number of imidazole rings is 1. The van der Waals surface area contributed by atoms with E-state index >= 15 is 0 Å². The van der Waals surface area contributed by atoms with E-state index in [0.29, 0.717) is 0 Å². The quantitative estimate of drug-likeness (QED) is 0.576. The number of halogens is 1. The van der Waals surface area contributed by atoms with Crippen LogP contribution in [0.3, 0.4) is 0 Å². The van der Waals surface area contributed by atoms with Crippen LogP contribution >= 0.6 is 0 Å². The molecule has 1 fully saturated rings. The van der Waals surface area contributed by atoms with Crippen LogP contribution in [-0.4, -0.2) is 4.57 Å². The third-order valence-corrected chi connectivity index (χ3v) is 3.24. The Morgan fingerprint density at radius 1 is 1.29 bits per heavy atom. The zero-order valence-corrected chi connectivity index (χ0v) is 10.6. The van der Waals surface area contributed by atoms with Crippen LogP contribution in [0.15, 0.2) is 18.7 Å². The van der Waals surface area contributed by atoms with Crippen LogP contribution in [0.2, 0.25) is 0 Å². The summed E-state index contributed by atoms with van der Waals surface area (Å²) in [6, 6.07) is 0.745. The third-order valence-electron chi connectivity index (χ3n) is 3.24. The molecule has 3 heteroatoms. The molecule has 1 aliphatic carbocycles. The van der Waals surface area contributed by atoms with E-state index in [0.717, 1.165) is 12.0 Å². The van der Waals surface area contributed by atoms with Gasteiger partial charge in [-0.2, -0.15) is 0 Å². The maximum Gasteiger partial charge on any atom is 0.243 e. The van der Waals surface area contributed by atoms with Crippen molar-refractivity contribution >= 4 is 0 Å². The molecule has 0 saturated heterocycles. The van der Waals surface area contributed by atoms with Crippen molar-refractivity contribution in [3.63, 3.8) is 0 Å². The van der Waals surface area contributed by atoms with E-state index < -0.39 is 0 Å². The topological polar surface area (TPSA) is 8.81 Å². The molecule has 14 heavy (non-hydrogen) atoms. The summed E-state index contributed by atoms with van der Waals surface area (Å²) in [5.41, 5.74) is 0. The molecule has 0 radical (unpaired) electrons. The fraction of sp³-hybridized carbons (Fsp3) is 0.727. The van der Waals surface area contributed by atoms with Gasteiger partial charge in [0.15, 0.2) is 0 Å². The minimum absolute atomic E-state index is 0. The first kappa shape index (κ1) is 11.8. The van der Waals surface area contributed by atoms with E-state index in [1.807, 2.05) is 0 Å². The average Bonchev–Trinajstić information content (AvgIpc) is 2.53. The minimum atomic E-state index is 0. The highest BCUT2D eigenvalue weighted by atomic mass is 79.9. The number of nitrogens with zero attached hydrogens (tertiary/aromatic N) is 2. The third kappa shape index (κ3) is 2.38. The van der Waals surface area contributed by atoms with Crippen LogP contribution in [0.1, 0.15) is 38.6 Å². The molecule has 1 heterocycles. The van der Waals surface area contributed by atoms with Gasteiger partial charge in [0.05, 0.1) is 7.05 Å². The van der Waals surface area contributed by atoms with Gasteiger partial charge in [-0.25, -0.2) is 9.13 Å². The van der Waals surface area contributed by atoms with Crippen molar-refractivity contribution in [3.05, 3.63) is 18.7 Å². The molecule has 2 atom stereocenters. The van der Waals surface area contributed by atoms with Crippen molar-refractivity contribution in [2.24, 2.45) is 13.0 Å². The summed E-state index contributed by atoms with van der Waals surface area (Å²) in [4.78, 5) is 0. The van der Waals surface area contributed by atoms with E-state index in [1.54, 1.807) is 0 Å². The molecule has 80 valence electrons. The molecule has 2 unspecified atom stereocenters. The van der Waals surface area contributed by atoms with Gasteiger partial charge in [0.25, 0.3) is 0 Å². The monoisotopic (exact) mass is 258 g/mol. The van der Waals surface area contributed by atoms with E-state index in [9.17, 15) is 0 Å². The van der Waals surface area contributed by atoms with Gasteiger partial charge < -0.3 is 17.0 Å². The van der Waals surface area contributed by atoms with Gasteiger partial charge in [-0.05, 0) is 25.2 Å². The maximum atomic E-state index is 2.38. The second-order valence-corrected chi connectivity index (χ2v) is 4.36. The number of hydrogen-bond acceptors (Lipinski definition) is 0. The van der Waals surface area contributed by atoms with Gasteiger partial charge in [-0.15, -0.1) is 0 Å². The average molecular weight is 259 g/mol. The Balaban J connectivity index is 0.000000980. The van der Waals surface area contributed by atoms with Gasteiger partial charge in [-0.1, -0.05) is 13.3 Å². The summed E-state index contributed by atoms with van der Waals surface area (Å²) in [6.07, 6.45) is 12.1. The molecule has 1 aromatic rings. The molecule has 0 aliphatic heterocycles. The second-order valence-electron chi connectivity index (χ2n) is 4.36. The number of rotatable bonds is 1. The summed E-state index contributed by atoms with van der Waals surface area (Å²) >= 11 is 0. The molecule has 0 spiro atoms. The Labute approximate surface area is 96.7 Å². The van der Waals surface area contributed by atoms with Crippen molar-refractivity contribution in [2.75, 3.05) is 0 Å². The summed E-state index contributed by atoms with van der Waals surface area (Å²) in [7, 11) is 2.09. The van der Waals surface area contributed by atoms with Crippen LogP contribution in [0, 0.1) is 5.92 Å². The van der Waals surface area contributed by atoms with Gasteiger partial charge >= 0.3 is 0 Å². The summed E-state index contributed by atoms with van der Waals surface area (Å²) in [5.74, 6) is 0.848. The first-order valence-corrected chi connectivity index (χ1v) is 5.30. The molecule has 2 nitrogen and oxygen atoms in total. The van der Waals surface area contributed by atoms with Crippen molar-refractivity contribution in [1.82, 2.24) is 4.57 Å². The largest absolute Gasteiger partial charge is 1.00 e. The maximum absolute atomic E-state index is 2.38. The first-order valence-electron chi connectivity index (χ1n) is 5.30. The molecule has 0 bridgehead atoms. The van der Waals surface area contributed by atoms with Gasteiger partial charge in [0.1, 0.15) is 18.4 Å². The fourth-order valence-corrected chi connectivity index (χ4v) is 2.41. The Bertz CT molecular complexity index is 283. The molecule has 0 amide bonds. The van der Waals surface area contributed by atoms with E-state index in [-0.39, 0.29) is 17.0 Å². The predicted molar refractivity (Wildman–Crippen MR) is 52.3 cm³/mol. The lowest BCUT2D eigenvalue weighted by Crippen LogP contribution is -3.00. The highest BCUT2D eigenvalue weighted by molar-refractivity contribution is 4.71. The highest BCUT2D eigenvalue weighted by Crippen LogP contribution is 2.29. The number of hydrogen-bond donors (Lipinski definition) is 0. The zero-order chi connectivity index (χ0) is 9.26. The van der Waals surface area contributed by atoms with Crippen molar-refractivity contribution in [3.8, 4) is 0 Å². The minimum Gasteiger partial charge on any atom is -1.00 e. The SMILES string of the molecule is CC1CCCCC1[n+]1ccn(C)c1.[Br-]. The van der Waals surface area contributed by atoms with Gasteiger partial charge in [0, 0.05) is 0 Å². The molecule has 0 aromatic carbocycles. The van der Waals surface area contributed by atoms with E-state index in [2.05, 4.69) is 41.8 Å². The van der Waals surface area contributed by atoms with Crippen LogP contribution in [0.25, 0.3) is 0 Å². The van der Waals surface area contributed by atoms with Crippen LogP contribution in [-0.2, 0) is 7.05 Å². The van der Waals surface area contributed by atoms with E-state index in [1.165, 1.54) is 25.7 Å². The lowest BCUT2D eigenvalue weighted by atomic mass is 9.86. The van der Waals surface area contributed by atoms with Crippen LogP contribution < -0.4 is 21.5 Å². The lowest BCUT2D eigenvalue weighted by Gasteiger charge is -2.25. The normalized spacial score (nSPS) is 27.0. The standard InChI is InChI=1S/C11H19N2.BrH/c1-10-5-3-4-6-11(10)13-8-7-12(2)9-13;/h7-11H,3-6H2,1-2H3;1H/q+1;/p-1. The molecule has 2 rings (SSSR count). The second kappa shape index (κ2) is 4.96. The van der Waals surface area contributed by atoms with Crippen molar-refractivity contribution in [1.29, 1.82) is 0 Å². The smallest absolute Gasteiger partial charge is 0.243 e. The van der Waals surface area contributed by atoms with Gasteiger partial charge in [0.2, 0.25) is 6.33 Å². The number of aryl methyl sites for hydroxylation is 1. The lowest BCUT2D eigenvalue weighted by molar-refractivity contribution is -0.731. The summed E-state index contributed by atoms with van der Waals surface area (Å²) in [6.45, 7) is 2.38. The van der Waals surface area contributed by atoms with Crippen molar-refractivity contribution < 1.29 is 21.5 Å². The van der Waals surface area contributed by atoms with Crippen LogP contribution in [0.5, 0.6) is 0 Å². The van der Waals surface area contributed by atoms with Gasteiger partial charge in [-0.3, -0.25) is 0 Å². The molecule has 1 aromatic heterocycles. The highest BCUT2D eigenvalue weighted by Gasteiger charge is 2.26. The first-order chi connectivity index (χ1) is 6.27. The zero-order valence-electron chi connectivity index (χ0n) is 8.99. The molecule has 0 N–H and O–H groups in total. The fourth-order valence-electron chi connectivity index (χ4n) is 2.41. The van der Waals surface area contributed by atoms with E-state index in [4.69, 9.17) is 0 Å². The molecular formula is C11H19BrN2. The Morgan fingerprint density at radius 2 is 2.00 bits per heavy atom. The summed E-state index contributed by atoms with van der Waals surface area (Å²) < 4.78 is 4.51. The predicted octanol–water partition coefficient (Wildman–Crippen LogP) is -0.932. The molecule has 1 aliphatic rings. The molecular weight excluding hydrogens is 240 g/mol.